The van der Waals surface area contributed by atoms with Gasteiger partial charge in [-0.3, -0.25) is 18.6 Å². The highest BCUT2D eigenvalue weighted by Crippen LogP contribution is 2.78. The van der Waals surface area contributed by atoms with Gasteiger partial charge in [-0.05, 0) is 43.6 Å². The summed E-state index contributed by atoms with van der Waals surface area (Å²) >= 11 is 0. The zero-order chi connectivity index (χ0) is 22.0. The van der Waals surface area contributed by atoms with E-state index >= 15 is 0 Å². The second-order valence-corrected chi connectivity index (χ2v) is 11.3. The van der Waals surface area contributed by atoms with Crippen LogP contribution in [0.1, 0.15) is 24.3 Å². The molecule has 1 aromatic carbocycles. The Kier molecular flexibility index (Phi) is 6.55. The Balaban J connectivity index is 1.82. The summed E-state index contributed by atoms with van der Waals surface area (Å²) in [7, 11) is -8.82. The van der Waals surface area contributed by atoms with Gasteiger partial charge < -0.3 is 24.4 Å². The smallest absolute Gasteiger partial charge is 0.371 e. The number of ether oxygens (including phenoxy) is 2. The molecule has 1 aliphatic heterocycles. The Morgan fingerprint density at radius 1 is 1.27 bits per heavy atom. The maximum Gasteiger partial charge on any atom is 0.371 e. The molecule has 0 aliphatic carbocycles. The maximum absolute atomic E-state index is 12.9. The van der Waals surface area contributed by atoms with Gasteiger partial charge in [-0.15, -0.1) is 0 Å². The van der Waals surface area contributed by atoms with Gasteiger partial charge in [0.1, 0.15) is 5.75 Å². The number of nitrogens with zero attached hydrogens (tertiary/aromatic N) is 1. The van der Waals surface area contributed by atoms with Gasteiger partial charge in [0.05, 0.1) is 6.61 Å². The third-order valence-electron chi connectivity index (χ3n) is 4.37. The van der Waals surface area contributed by atoms with Crippen LogP contribution in [0.15, 0.2) is 61.3 Å². The molecule has 9 nitrogen and oxygen atoms in total. The fourth-order valence-electron chi connectivity index (χ4n) is 2.81. The molecule has 0 saturated carbocycles. The van der Waals surface area contributed by atoms with Crippen LogP contribution in [0.2, 0.25) is 0 Å². The van der Waals surface area contributed by atoms with Crippen molar-refractivity contribution in [2.75, 3.05) is 6.61 Å². The first kappa shape index (κ1) is 22.7. The molecule has 2 heterocycles. The van der Waals surface area contributed by atoms with Crippen molar-refractivity contribution in [2.24, 2.45) is 0 Å². The van der Waals surface area contributed by atoms with Crippen LogP contribution in [0.25, 0.3) is 0 Å². The van der Waals surface area contributed by atoms with Gasteiger partial charge >= 0.3 is 7.60 Å². The van der Waals surface area contributed by atoms with Crippen LogP contribution in [0.5, 0.6) is 5.75 Å². The van der Waals surface area contributed by atoms with E-state index in [1.165, 1.54) is 24.5 Å². The number of pyridine rings is 1. The first-order valence-electron chi connectivity index (χ1n) is 8.95. The molecule has 2 aromatic rings. The molecular weight excluding hydrogens is 432 g/mol. The maximum atomic E-state index is 12.9. The lowest BCUT2D eigenvalue weighted by Gasteiger charge is -2.45. The van der Waals surface area contributed by atoms with Gasteiger partial charge in [-0.25, -0.2) is 0 Å². The van der Waals surface area contributed by atoms with Crippen LogP contribution in [0, 0.1) is 0 Å². The predicted molar refractivity (Wildman–Crippen MR) is 112 cm³/mol. The average molecular weight is 455 g/mol. The first-order chi connectivity index (χ1) is 14.1. The Bertz CT molecular complexity index is 969. The minimum Gasteiger partial charge on any atom is -0.466 e. The van der Waals surface area contributed by atoms with Crippen molar-refractivity contribution in [3.05, 3.63) is 72.4 Å². The van der Waals surface area contributed by atoms with Gasteiger partial charge in [0.25, 0.3) is 5.95 Å². The predicted octanol–water partition coefficient (Wildman–Crippen LogP) is 3.36. The van der Waals surface area contributed by atoms with Gasteiger partial charge in [0, 0.05) is 24.4 Å². The van der Waals surface area contributed by atoms with Crippen LogP contribution in [-0.4, -0.2) is 37.9 Å². The number of aromatic nitrogens is 1. The molecular formula is C19H23NO8P2. The summed E-state index contributed by atoms with van der Waals surface area (Å²) in [5.74, 6) is 0.529. The van der Waals surface area contributed by atoms with Crippen LogP contribution < -0.4 is 4.74 Å². The van der Waals surface area contributed by atoms with Crippen molar-refractivity contribution >= 4 is 21.2 Å². The van der Waals surface area contributed by atoms with E-state index in [-0.39, 0.29) is 5.95 Å². The molecule has 0 bridgehead atoms. The number of benzene rings is 1. The van der Waals surface area contributed by atoms with E-state index in [4.69, 9.17) is 18.5 Å². The van der Waals surface area contributed by atoms with Crippen molar-refractivity contribution in [1.29, 1.82) is 0 Å². The van der Waals surface area contributed by atoms with Crippen molar-refractivity contribution in [3.8, 4) is 5.75 Å². The molecule has 30 heavy (non-hydrogen) atoms. The van der Waals surface area contributed by atoms with Gasteiger partial charge in [0.15, 0.2) is 13.6 Å². The molecule has 0 spiro atoms. The van der Waals surface area contributed by atoms with Gasteiger partial charge in [-0.1, -0.05) is 18.2 Å². The molecule has 1 fully saturated rings. The molecule has 3 N–H and O–H groups in total. The van der Waals surface area contributed by atoms with Gasteiger partial charge in [0.2, 0.25) is 5.08 Å². The summed E-state index contributed by atoms with van der Waals surface area (Å²) in [4.78, 5) is 25.2. The van der Waals surface area contributed by atoms with Crippen molar-refractivity contribution in [1.82, 2.24) is 4.98 Å². The SMILES string of the molecule is C=C(OCC)Oc1ccc(C2OP(=C)(O)C(O)(Cc3cccnc3)P(=O)(O)O2)cc1. The zero-order valence-electron chi connectivity index (χ0n) is 16.2. The van der Waals surface area contributed by atoms with Crippen LogP contribution in [-0.2, 0) is 24.8 Å². The van der Waals surface area contributed by atoms with Crippen LogP contribution >= 0.6 is 14.9 Å². The topological polar surface area (TPSA) is 128 Å². The summed E-state index contributed by atoms with van der Waals surface area (Å²) in [6.45, 7) is 5.80. The van der Waals surface area contributed by atoms with E-state index in [9.17, 15) is 19.5 Å². The molecule has 1 aromatic heterocycles. The lowest BCUT2D eigenvalue weighted by Crippen LogP contribution is -2.38. The third-order valence-corrected chi connectivity index (χ3v) is 9.43. The second kappa shape index (κ2) is 8.65. The number of hydrogen-bond donors (Lipinski definition) is 3. The highest BCUT2D eigenvalue weighted by molar-refractivity contribution is 7.78. The van der Waals surface area contributed by atoms with Crippen molar-refractivity contribution < 1.29 is 38.0 Å². The summed E-state index contributed by atoms with van der Waals surface area (Å²) in [6, 6.07) is 9.32. The fourth-order valence-corrected chi connectivity index (χ4v) is 6.80. The average Bonchev–Trinajstić information content (AvgIpc) is 2.67. The fraction of sp³-hybridized carbons (Fsp3) is 0.263. The molecule has 11 heteroatoms. The Morgan fingerprint density at radius 2 is 1.97 bits per heavy atom. The number of rotatable bonds is 7. The lowest BCUT2D eigenvalue weighted by atomic mass is 10.2. The van der Waals surface area contributed by atoms with Crippen molar-refractivity contribution in [3.63, 3.8) is 0 Å². The molecule has 1 saturated heterocycles. The molecule has 4 atom stereocenters. The Morgan fingerprint density at radius 3 is 2.53 bits per heavy atom. The minimum absolute atomic E-state index is 0.119. The van der Waals surface area contributed by atoms with E-state index < -0.39 is 32.7 Å². The summed E-state index contributed by atoms with van der Waals surface area (Å²) < 4.78 is 34.1. The van der Waals surface area contributed by atoms with E-state index in [0.29, 0.717) is 23.5 Å². The largest absolute Gasteiger partial charge is 0.466 e. The molecule has 1 aliphatic rings. The molecule has 0 amide bonds. The summed E-state index contributed by atoms with van der Waals surface area (Å²) in [5.41, 5.74) is 0.738. The highest BCUT2D eigenvalue weighted by Gasteiger charge is 2.62. The second-order valence-electron chi connectivity index (χ2n) is 6.55. The van der Waals surface area contributed by atoms with E-state index in [1.54, 1.807) is 31.2 Å². The quantitative estimate of drug-likeness (QED) is 0.425. The molecule has 162 valence electrons. The lowest BCUT2D eigenvalue weighted by molar-refractivity contribution is -0.0473. The van der Waals surface area contributed by atoms with E-state index in [2.05, 4.69) is 17.9 Å². The highest BCUT2D eigenvalue weighted by atomic mass is 31.2. The minimum atomic E-state index is -4.79. The Hall–Kier alpha value is -1.96. The van der Waals surface area contributed by atoms with Crippen molar-refractivity contribution in [2.45, 2.75) is 24.7 Å². The number of aliphatic hydroxyl groups is 1. The molecule has 0 radical (unpaired) electrons. The molecule has 4 unspecified atom stereocenters. The zero-order valence-corrected chi connectivity index (χ0v) is 18.0. The van der Waals surface area contributed by atoms with E-state index in [0.717, 1.165) is 0 Å². The first-order valence-corrected chi connectivity index (χ1v) is 12.4. The van der Waals surface area contributed by atoms with E-state index in [1.807, 2.05) is 0 Å². The normalized spacial score (nSPS) is 31.1. The van der Waals surface area contributed by atoms with Crippen LogP contribution in [0.3, 0.4) is 0 Å². The monoisotopic (exact) mass is 455 g/mol. The van der Waals surface area contributed by atoms with Gasteiger partial charge in [-0.2, -0.15) is 0 Å². The standard InChI is InChI=1S/C19H23NO8P2/c1-4-25-14(2)26-17-9-7-16(8-10-17)18-27-29(3,22)19(21,30(23,24)28-18)12-15-6-5-11-20-13-15/h5-11,13,18,21-22H,2-4,12H2,1H3,(H,23,24). The third kappa shape index (κ3) is 4.53. The summed E-state index contributed by atoms with van der Waals surface area (Å²) in [6.07, 6.45) is 4.63. The Labute approximate surface area is 174 Å². The van der Waals surface area contributed by atoms with Crippen LogP contribution in [0.4, 0.5) is 0 Å². The summed E-state index contributed by atoms with van der Waals surface area (Å²) in [5, 5.41) is 8.34. The number of hydrogen-bond acceptors (Lipinski definition) is 8. The molecule has 3 rings (SSSR count).